The highest BCUT2D eigenvalue weighted by molar-refractivity contribution is 5.44. The summed E-state index contributed by atoms with van der Waals surface area (Å²) in [6, 6.07) is 17.2. The van der Waals surface area contributed by atoms with Crippen LogP contribution in [-0.2, 0) is 0 Å². The number of ether oxygens (including phenoxy) is 1. The highest BCUT2D eigenvalue weighted by Gasteiger charge is 2.17. The lowest BCUT2D eigenvalue weighted by atomic mass is 9.86. The maximum Gasteiger partial charge on any atom is 0.122 e. The van der Waals surface area contributed by atoms with Gasteiger partial charge in [0.1, 0.15) is 5.75 Å². The molecule has 106 valence electrons. The quantitative estimate of drug-likeness (QED) is 0.688. The molecule has 0 saturated carbocycles. The van der Waals surface area contributed by atoms with Crippen LogP contribution in [0.4, 0.5) is 0 Å². The molecule has 2 aromatic rings. The van der Waals surface area contributed by atoms with E-state index in [1.54, 1.807) is 7.11 Å². The molecule has 0 bridgehead atoms. The third kappa shape index (κ3) is 3.41. The summed E-state index contributed by atoms with van der Waals surface area (Å²) in [4.78, 5) is 0. The molecule has 0 fully saturated rings. The molecule has 0 aromatic heterocycles. The molecule has 0 N–H and O–H groups in total. The zero-order valence-corrected chi connectivity index (χ0v) is 12.7. The Morgan fingerprint density at radius 3 is 2.45 bits per heavy atom. The maximum atomic E-state index is 5.58. The summed E-state index contributed by atoms with van der Waals surface area (Å²) in [7, 11) is 1.76. The average molecular weight is 268 g/mol. The third-order valence-corrected chi connectivity index (χ3v) is 3.81. The van der Waals surface area contributed by atoms with Gasteiger partial charge in [0.15, 0.2) is 0 Å². The van der Waals surface area contributed by atoms with Gasteiger partial charge in [-0.2, -0.15) is 0 Å². The topological polar surface area (TPSA) is 9.23 Å². The molecule has 2 rings (SSSR count). The number of hydrogen-bond acceptors (Lipinski definition) is 1. The van der Waals surface area contributed by atoms with Gasteiger partial charge in [0.2, 0.25) is 0 Å². The lowest BCUT2D eigenvalue weighted by Gasteiger charge is -2.21. The van der Waals surface area contributed by atoms with Crippen LogP contribution in [0.3, 0.4) is 0 Å². The maximum absolute atomic E-state index is 5.58. The van der Waals surface area contributed by atoms with E-state index in [2.05, 4.69) is 62.4 Å². The second-order valence-electron chi connectivity index (χ2n) is 5.35. The van der Waals surface area contributed by atoms with E-state index in [1.165, 1.54) is 36.0 Å². The SMILES string of the molecule is CCCCC(c1ccccc1)c1cc(C)ccc1OC. The fraction of sp³-hybridized carbons (Fsp3) is 0.368. The summed E-state index contributed by atoms with van der Waals surface area (Å²) in [5, 5.41) is 0. The Balaban J connectivity index is 2.43. The Morgan fingerprint density at radius 1 is 1.05 bits per heavy atom. The van der Waals surface area contributed by atoms with E-state index in [0.29, 0.717) is 5.92 Å². The minimum Gasteiger partial charge on any atom is -0.496 e. The molecule has 1 nitrogen and oxygen atoms in total. The van der Waals surface area contributed by atoms with Gasteiger partial charge >= 0.3 is 0 Å². The minimum absolute atomic E-state index is 0.422. The average Bonchev–Trinajstić information content (AvgIpc) is 2.49. The van der Waals surface area contributed by atoms with E-state index >= 15 is 0 Å². The van der Waals surface area contributed by atoms with Crippen molar-refractivity contribution in [1.82, 2.24) is 0 Å². The van der Waals surface area contributed by atoms with Gasteiger partial charge in [0, 0.05) is 11.5 Å². The van der Waals surface area contributed by atoms with Crippen LogP contribution in [0.5, 0.6) is 5.75 Å². The number of benzene rings is 2. The summed E-state index contributed by atoms with van der Waals surface area (Å²) >= 11 is 0. The van der Waals surface area contributed by atoms with E-state index in [0.717, 1.165) is 5.75 Å². The van der Waals surface area contributed by atoms with Crippen LogP contribution in [0.2, 0.25) is 0 Å². The van der Waals surface area contributed by atoms with Crippen molar-refractivity contribution in [1.29, 1.82) is 0 Å². The van der Waals surface area contributed by atoms with Crippen molar-refractivity contribution in [3.63, 3.8) is 0 Å². The molecule has 0 amide bonds. The summed E-state index contributed by atoms with van der Waals surface area (Å²) in [6.45, 7) is 4.39. The predicted molar refractivity (Wildman–Crippen MR) is 85.5 cm³/mol. The Morgan fingerprint density at radius 2 is 1.80 bits per heavy atom. The van der Waals surface area contributed by atoms with Crippen molar-refractivity contribution in [2.24, 2.45) is 0 Å². The van der Waals surface area contributed by atoms with Gasteiger partial charge < -0.3 is 4.74 Å². The van der Waals surface area contributed by atoms with E-state index in [9.17, 15) is 0 Å². The first-order valence-corrected chi connectivity index (χ1v) is 7.45. The minimum atomic E-state index is 0.422. The first-order chi connectivity index (χ1) is 9.76. The predicted octanol–water partition coefficient (Wildman–Crippen LogP) is 5.33. The highest BCUT2D eigenvalue weighted by Crippen LogP contribution is 2.36. The van der Waals surface area contributed by atoms with E-state index in [4.69, 9.17) is 4.74 Å². The van der Waals surface area contributed by atoms with Crippen molar-refractivity contribution in [3.05, 3.63) is 65.2 Å². The molecule has 1 unspecified atom stereocenters. The fourth-order valence-corrected chi connectivity index (χ4v) is 2.72. The molecule has 20 heavy (non-hydrogen) atoms. The molecule has 1 atom stereocenters. The van der Waals surface area contributed by atoms with Gasteiger partial charge in [-0.15, -0.1) is 0 Å². The third-order valence-electron chi connectivity index (χ3n) is 3.81. The fourth-order valence-electron chi connectivity index (χ4n) is 2.72. The summed E-state index contributed by atoms with van der Waals surface area (Å²) in [6.07, 6.45) is 3.62. The zero-order valence-electron chi connectivity index (χ0n) is 12.7. The first kappa shape index (κ1) is 14.6. The van der Waals surface area contributed by atoms with E-state index in [-0.39, 0.29) is 0 Å². The van der Waals surface area contributed by atoms with Crippen LogP contribution in [-0.4, -0.2) is 7.11 Å². The van der Waals surface area contributed by atoms with Crippen LogP contribution in [0.15, 0.2) is 48.5 Å². The molecule has 0 heterocycles. The Labute approximate surface area is 122 Å². The van der Waals surface area contributed by atoms with Gasteiger partial charge in [0.25, 0.3) is 0 Å². The number of hydrogen-bond donors (Lipinski definition) is 0. The van der Waals surface area contributed by atoms with Gasteiger partial charge in [0.05, 0.1) is 7.11 Å². The normalized spacial score (nSPS) is 12.2. The summed E-state index contributed by atoms with van der Waals surface area (Å²) in [5.41, 5.74) is 3.98. The van der Waals surface area contributed by atoms with Crippen LogP contribution >= 0.6 is 0 Å². The molecule has 0 aliphatic heterocycles. The molecule has 0 spiro atoms. The Kier molecular flexibility index (Phi) is 5.23. The van der Waals surface area contributed by atoms with Crippen molar-refractivity contribution >= 4 is 0 Å². The van der Waals surface area contributed by atoms with Crippen LogP contribution in [0.25, 0.3) is 0 Å². The zero-order chi connectivity index (χ0) is 14.4. The highest BCUT2D eigenvalue weighted by atomic mass is 16.5. The lowest BCUT2D eigenvalue weighted by molar-refractivity contribution is 0.406. The van der Waals surface area contributed by atoms with Crippen molar-refractivity contribution in [3.8, 4) is 5.75 Å². The van der Waals surface area contributed by atoms with Gasteiger partial charge in [-0.25, -0.2) is 0 Å². The molecule has 0 aliphatic rings. The molecular formula is C19H24O. The van der Waals surface area contributed by atoms with Crippen LogP contribution in [0, 0.1) is 6.92 Å². The second kappa shape index (κ2) is 7.14. The second-order valence-corrected chi connectivity index (χ2v) is 5.35. The molecule has 2 aromatic carbocycles. The Hall–Kier alpha value is -1.76. The number of rotatable bonds is 6. The monoisotopic (exact) mass is 268 g/mol. The Bertz CT molecular complexity index is 531. The van der Waals surface area contributed by atoms with Crippen LogP contribution in [0.1, 0.15) is 48.8 Å². The number of methoxy groups -OCH3 is 1. The van der Waals surface area contributed by atoms with Crippen molar-refractivity contribution in [2.75, 3.05) is 7.11 Å². The summed E-state index contributed by atoms with van der Waals surface area (Å²) in [5.74, 6) is 1.42. The van der Waals surface area contributed by atoms with Crippen LogP contribution < -0.4 is 4.74 Å². The standard InChI is InChI=1S/C19H24O/c1-4-5-11-17(16-9-7-6-8-10-16)18-14-15(2)12-13-19(18)20-3/h6-10,12-14,17H,4-5,11H2,1-3H3. The first-order valence-electron chi connectivity index (χ1n) is 7.45. The van der Waals surface area contributed by atoms with E-state index < -0.39 is 0 Å². The van der Waals surface area contributed by atoms with E-state index in [1.807, 2.05) is 0 Å². The van der Waals surface area contributed by atoms with Gasteiger partial charge in [-0.05, 0) is 25.0 Å². The largest absolute Gasteiger partial charge is 0.496 e. The molecule has 0 saturated heterocycles. The smallest absolute Gasteiger partial charge is 0.122 e. The van der Waals surface area contributed by atoms with Gasteiger partial charge in [-0.3, -0.25) is 0 Å². The molecule has 0 radical (unpaired) electrons. The van der Waals surface area contributed by atoms with Crippen molar-refractivity contribution < 1.29 is 4.74 Å². The molecule has 0 aliphatic carbocycles. The molecule has 1 heteroatoms. The number of unbranched alkanes of at least 4 members (excludes halogenated alkanes) is 1. The summed E-state index contributed by atoms with van der Waals surface area (Å²) < 4.78 is 5.58. The lowest BCUT2D eigenvalue weighted by Crippen LogP contribution is -2.04. The van der Waals surface area contributed by atoms with Gasteiger partial charge in [-0.1, -0.05) is 67.8 Å². The number of aryl methyl sites for hydroxylation is 1. The van der Waals surface area contributed by atoms with Crippen molar-refractivity contribution in [2.45, 2.75) is 39.0 Å². The molecular weight excluding hydrogens is 244 g/mol.